The lowest BCUT2D eigenvalue weighted by Crippen LogP contribution is -1.96. The molecule has 0 aliphatic heterocycles. The smallest absolute Gasteiger partial charge is 0.175 e. The van der Waals surface area contributed by atoms with E-state index in [-0.39, 0.29) is 0 Å². The second kappa shape index (κ2) is 5.93. The Kier molecular flexibility index (Phi) is 3.96. The summed E-state index contributed by atoms with van der Waals surface area (Å²) in [5.41, 5.74) is 4.56. The van der Waals surface area contributed by atoms with Gasteiger partial charge >= 0.3 is 0 Å². The largest absolute Gasteiger partial charge is 0.261 e. The first-order chi connectivity index (χ1) is 10.9. The summed E-state index contributed by atoms with van der Waals surface area (Å²) in [5.74, 6) is 0. The van der Waals surface area contributed by atoms with Crippen molar-refractivity contribution in [2.75, 3.05) is 6.26 Å². The summed E-state index contributed by atoms with van der Waals surface area (Å²) in [5, 5.41) is 0. The molecule has 116 valence electrons. The molecule has 1 aromatic carbocycles. The maximum absolute atomic E-state index is 11.6. The lowest BCUT2D eigenvalue weighted by Gasteiger charge is -2.09. The van der Waals surface area contributed by atoms with Crippen molar-refractivity contribution in [3.8, 4) is 22.4 Å². The number of rotatable bonds is 3. The van der Waals surface area contributed by atoms with Crippen LogP contribution in [-0.4, -0.2) is 24.6 Å². The van der Waals surface area contributed by atoms with Gasteiger partial charge in [-0.1, -0.05) is 18.2 Å². The van der Waals surface area contributed by atoms with Gasteiger partial charge in [-0.25, -0.2) is 8.42 Å². The molecule has 0 N–H and O–H groups in total. The quantitative estimate of drug-likeness (QED) is 0.739. The normalized spacial score (nSPS) is 11.4. The Morgan fingerprint density at radius 2 is 1.57 bits per heavy atom. The van der Waals surface area contributed by atoms with Gasteiger partial charge in [0.05, 0.1) is 10.6 Å². The van der Waals surface area contributed by atoms with Crippen molar-refractivity contribution in [2.45, 2.75) is 11.8 Å². The minimum absolute atomic E-state index is 0.309. The highest BCUT2D eigenvalue weighted by molar-refractivity contribution is 7.90. The van der Waals surface area contributed by atoms with E-state index in [2.05, 4.69) is 9.97 Å². The van der Waals surface area contributed by atoms with Crippen LogP contribution in [0.15, 0.2) is 65.8 Å². The first-order valence-electron chi connectivity index (χ1n) is 7.14. The van der Waals surface area contributed by atoms with Crippen LogP contribution in [0, 0.1) is 6.92 Å². The third kappa shape index (κ3) is 3.29. The third-order valence-corrected chi connectivity index (χ3v) is 4.71. The van der Waals surface area contributed by atoms with Gasteiger partial charge in [-0.3, -0.25) is 9.97 Å². The van der Waals surface area contributed by atoms with E-state index in [1.54, 1.807) is 36.7 Å². The lowest BCUT2D eigenvalue weighted by atomic mass is 10.0. The zero-order chi connectivity index (χ0) is 16.4. The predicted molar refractivity (Wildman–Crippen MR) is 90.8 cm³/mol. The number of hydrogen-bond acceptors (Lipinski definition) is 4. The Bertz CT molecular complexity index is 932. The molecule has 0 spiro atoms. The summed E-state index contributed by atoms with van der Waals surface area (Å²) < 4.78 is 23.2. The predicted octanol–water partition coefficient (Wildman–Crippen LogP) is 3.52. The Hall–Kier alpha value is -2.53. The molecule has 5 heteroatoms. The molecule has 0 saturated heterocycles. The van der Waals surface area contributed by atoms with Crippen molar-refractivity contribution in [1.82, 2.24) is 9.97 Å². The summed E-state index contributed by atoms with van der Waals surface area (Å²) in [6.07, 6.45) is 4.74. The molecule has 0 amide bonds. The van der Waals surface area contributed by atoms with Crippen molar-refractivity contribution in [1.29, 1.82) is 0 Å². The molecular formula is C18H16N2O2S. The van der Waals surface area contributed by atoms with Crippen LogP contribution in [0.4, 0.5) is 0 Å². The zero-order valence-corrected chi connectivity index (χ0v) is 13.7. The standard InChI is InChI=1S/C18H16N2O2S/c1-13-5-6-15(12-20-13)18-17(4-3-11-19-18)14-7-9-16(10-8-14)23(2,21)22/h3-12H,1-2H3. The molecule has 0 unspecified atom stereocenters. The fraction of sp³-hybridized carbons (Fsp3) is 0.111. The number of hydrogen-bond donors (Lipinski definition) is 0. The Morgan fingerprint density at radius 1 is 0.870 bits per heavy atom. The third-order valence-electron chi connectivity index (χ3n) is 3.59. The Labute approximate surface area is 135 Å². The number of aromatic nitrogens is 2. The van der Waals surface area contributed by atoms with Gasteiger partial charge in [-0.2, -0.15) is 0 Å². The summed E-state index contributed by atoms with van der Waals surface area (Å²) >= 11 is 0. The van der Waals surface area contributed by atoms with Gasteiger partial charge in [0, 0.05) is 35.5 Å². The molecule has 23 heavy (non-hydrogen) atoms. The molecule has 0 saturated carbocycles. The second-order valence-electron chi connectivity index (χ2n) is 5.38. The average molecular weight is 324 g/mol. The molecule has 3 rings (SSSR count). The van der Waals surface area contributed by atoms with Crippen molar-refractivity contribution in [3.63, 3.8) is 0 Å². The molecule has 0 aliphatic carbocycles. The van der Waals surface area contributed by atoms with Gasteiger partial charge < -0.3 is 0 Å². The molecule has 0 aliphatic rings. The van der Waals surface area contributed by atoms with Crippen molar-refractivity contribution in [3.05, 3.63) is 66.6 Å². The maximum atomic E-state index is 11.6. The Morgan fingerprint density at radius 3 is 2.17 bits per heavy atom. The van der Waals surface area contributed by atoms with Crippen molar-refractivity contribution < 1.29 is 8.42 Å². The fourth-order valence-corrected chi connectivity index (χ4v) is 2.99. The van der Waals surface area contributed by atoms with Gasteiger partial charge in [0.25, 0.3) is 0 Å². The average Bonchev–Trinajstić information content (AvgIpc) is 2.55. The summed E-state index contributed by atoms with van der Waals surface area (Å²) in [6.45, 7) is 1.94. The number of aryl methyl sites for hydroxylation is 1. The van der Waals surface area contributed by atoms with Crippen LogP contribution >= 0.6 is 0 Å². The number of pyridine rings is 2. The zero-order valence-electron chi connectivity index (χ0n) is 12.9. The van der Waals surface area contributed by atoms with E-state index in [1.807, 2.05) is 31.2 Å². The minimum atomic E-state index is -3.19. The van der Waals surface area contributed by atoms with Crippen LogP contribution in [0.25, 0.3) is 22.4 Å². The first kappa shape index (κ1) is 15.4. The summed E-state index contributed by atoms with van der Waals surface area (Å²) in [7, 11) is -3.19. The van der Waals surface area contributed by atoms with Crippen LogP contribution in [0.3, 0.4) is 0 Å². The number of benzene rings is 1. The van der Waals surface area contributed by atoms with Crippen LogP contribution in [-0.2, 0) is 9.84 Å². The highest BCUT2D eigenvalue weighted by Gasteiger charge is 2.11. The van der Waals surface area contributed by atoms with E-state index in [9.17, 15) is 8.42 Å². The summed E-state index contributed by atoms with van der Waals surface area (Å²) in [6, 6.07) is 14.6. The Balaban J connectivity index is 2.09. The van der Waals surface area contributed by atoms with Crippen LogP contribution in [0.5, 0.6) is 0 Å². The van der Waals surface area contributed by atoms with E-state index in [1.165, 1.54) is 6.26 Å². The van der Waals surface area contributed by atoms with Crippen LogP contribution in [0.2, 0.25) is 0 Å². The number of nitrogens with zero attached hydrogens (tertiary/aromatic N) is 2. The molecule has 0 atom stereocenters. The summed E-state index contributed by atoms with van der Waals surface area (Å²) in [4.78, 5) is 9.09. The van der Waals surface area contributed by atoms with E-state index < -0.39 is 9.84 Å². The molecule has 2 heterocycles. The SMILES string of the molecule is Cc1ccc(-c2ncccc2-c2ccc(S(C)(=O)=O)cc2)cn1. The fourth-order valence-electron chi connectivity index (χ4n) is 2.36. The van der Waals surface area contributed by atoms with Crippen molar-refractivity contribution >= 4 is 9.84 Å². The molecule has 4 nitrogen and oxygen atoms in total. The van der Waals surface area contributed by atoms with E-state index >= 15 is 0 Å². The van der Waals surface area contributed by atoms with Gasteiger partial charge in [-0.05, 0) is 42.8 Å². The van der Waals surface area contributed by atoms with E-state index in [0.717, 1.165) is 28.1 Å². The van der Waals surface area contributed by atoms with Crippen LogP contribution in [0.1, 0.15) is 5.69 Å². The maximum Gasteiger partial charge on any atom is 0.175 e. The van der Waals surface area contributed by atoms with Crippen molar-refractivity contribution in [2.24, 2.45) is 0 Å². The monoisotopic (exact) mass is 324 g/mol. The minimum Gasteiger partial charge on any atom is -0.261 e. The molecule has 0 radical (unpaired) electrons. The number of sulfone groups is 1. The lowest BCUT2D eigenvalue weighted by molar-refractivity contribution is 0.602. The molecular weight excluding hydrogens is 308 g/mol. The van der Waals surface area contributed by atoms with Gasteiger partial charge in [0.15, 0.2) is 9.84 Å². The second-order valence-corrected chi connectivity index (χ2v) is 7.40. The van der Waals surface area contributed by atoms with Gasteiger partial charge in [-0.15, -0.1) is 0 Å². The van der Waals surface area contributed by atoms with Crippen LogP contribution < -0.4 is 0 Å². The van der Waals surface area contributed by atoms with Gasteiger partial charge in [0.1, 0.15) is 0 Å². The molecule has 3 aromatic rings. The molecule has 0 fully saturated rings. The highest BCUT2D eigenvalue weighted by Crippen LogP contribution is 2.30. The molecule has 0 bridgehead atoms. The highest BCUT2D eigenvalue weighted by atomic mass is 32.2. The topological polar surface area (TPSA) is 59.9 Å². The first-order valence-corrected chi connectivity index (χ1v) is 9.03. The van der Waals surface area contributed by atoms with Gasteiger partial charge in [0.2, 0.25) is 0 Å². The molecule has 2 aromatic heterocycles. The van der Waals surface area contributed by atoms with E-state index in [0.29, 0.717) is 4.90 Å². The van der Waals surface area contributed by atoms with E-state index in [4.69, 9.17) is 0 Å².